The highest BCUT2D eigenvalue weighted by Crippen LogP contribution is 2.23. The molecular weight excluding hydrogens is 346 g/mol. The minimum atomic E-state index is -4.09. The maximum Gasteiger partial charge on any atom is 0.338 e. The molecule has 0 atom stereocenters. The Morgan fingerprint density at radius 1 is 1.16 bits per heavy atom. The quantitative estimate of drug-likeness (QED) is 0.353. The molecule has 0 aliphatic rings. The molecule has 8 nitrogen and oxygen atoms in total. The number of nitrogens with one attached hydrogen (secondary N) is 1. The lowest BCUT2D eigenvalue weighted by Crippen LogP contribution is -2.47. The van der Waals surface area contributed by atoms with Crippen LogP contribution in [0.15, 0.2) is 35.4 Å². The zero-order chi connectivity index (χ0) is 18.8. The van der Waals surface area contributed by atoms with Crippen molar-refractivity contribution in [3.8, 4) is 0 Å². The van der Waals surface area contributed by atoms with Gasteiger partial charge in [-0.2, -0.15) is 8.42 Å². The fourth-order valence-electron chi connectivity index (χ4n) is 2.54. The number of carbonyl (C=O) groups excluding carboxylic acids is 1. The van der Waals surface area contributed by atoms with E-state index in [0.717, 1.165) is 10.2 Å². The number of hydrogen-bond acceptors (Lipinski definition) is 7. The van der Waals surface area contributed by atoms with Gasteiger partial charge in [-0.3, -0.25) is 5.84 Å². The molecule has 2 rings (SSSR count). The van der Waals surface area contributed by atoms with Crippen molar-refractivity contribution in [2.75, 3.05) is 18.4 Å². The van der Waals surface area contributed by atoms with Crippen LogP contribution in [-0.4, -0.2) is 21.5 Å². The minimum absolute atomic E-state index is 0.0638. The van der Waals surface area contributed by atoms with Crippen molar-refractivity contribution >= 4 is 21.9 Å². The van der Waals surface area contributed by atoms with Gasteiger partial charge in [0.1, 0.15) is 11.1 Å². The predicted molar refractivity (Wildman–Crippen MR) is 90.7 cm³/mol. The second-order valence-electron chi connectivity index (χ2n) is 5.57. The van der Waals surface area contributed by atoms with E-state index in [-0.39, 0.29) is 16.3 Å². The Hall–Kier alpha value is -2.65. The SMILES string of the molecule is COC(=O)c1cc[n+](N)c(NOS(=O)(=O)c2c(C)cc(C)cc2C)c1. The average Bonchev–Trinajstić information content (AvgIpc) is 2.52. The van der Waals surface area contributed by atoms with E-state index in [0.29, 0.717) is 11.1 Å². The van der Waals surface area contributed by atoms with Crippen molar-refractivity contribution < 1.29 is 26.9 Å². The Morgan fingerprint density at radius 2 is 1.76 bits per heavy atom. The molecule has 9 heteroatoms. The fourth-order valence-corrected chi connectivity index (χ4v) is 3.72. The van der Waals surface area contributed by atoms with Crippen molar-refractivity contribution in [2.45, 2.75) is 25.7 Å². The van der Waals surface area contributed by atoms with Gasteiger partial charge in [-0.1, -0.05) is 22.0 Å². The van der Waals surface area contributed by atoms with Crippen LogP contribution in [0.25, 0.3) is 0 Å². The standard InChI is InChI=1S/C16H19N3O5S/c1-10-7-11(2)15(12(3)8-10)25(21,22)24-18-14-9-13(16(20)23-4)5-6-19(14)17/h5-9H,17H2,1-4H3/p+1. The van der Waals surface area contributed by atoms with Gasteiger partial charge in [0, 0.05) is 6.07 Å². The topological polar surface area (TPSA) is 112 Å². The van der Waals surface area contributed by atoms with Gasteiger partial charge in [-0.25, -0.2) is 4.79 Å². The lowest BCUT2D eigenvalue weighted by molar-refractivity contribution is -0.625. The largest absolute Gasteiger partial charge is 0.465 e. The molecule has 1 aromatic heterocycles. The van der Waals surface area contributed by atoms with E-state index in [9.17, 15) is 13.2 Å². The van der Waals surface area contributed by atoms with Gasteiger partial charge in [-0.15, -0.1) is 10.2 Å². The molecule has 25 heavy (non-hydrogen) atoms. The number of pyridine rings is 1. The summed E-state index contributed by atoms with van der Waals surface area (Å²) in [4.78, 5) is 11.6. The van der Waals surface area contributed by atoms with Crippen LogP contribution in [0.2, 0.25) is 0 Å². The van der Waals surface area contributed by atoms with Crippen molar-refractivity contribution in [2.24, 2.45) is 0 Å². The van der Waals surface area contributed by atoms with Crippen LogP contribution >= 0.6 is 0 Å². The number of carbonyl (C=O) groups is 1. The van der Waals surface area contributed by atoms with Crippen LogP contribution in [0.3, 0.4) is 0 Å². The highest BCUT2D eigenvalue weighted by molar-refractivity contribution is 7.87. The van der Waals surface area contributed by atoms with Gasteiger partial charge in [-0.05, 0) is 38.0 Å². The highest BCUT2D eigenvalue weighted by atomic mass is 32.2. The summed E-state index contributed by atoms with van der Waals surface area (Å²) in [6.07, 6.45) is 1.37. The number of aromatic nitrogens is 1. The smallest absolute Gasteiger partial charge is 0.338 e. The Bertz CT molecular complexity index is 902. The monoisotopic (exact) mass is 366 g/mol. The van der Waals surface area contributed by atoms with Crippen LogP contribution in [0.5, 0.6) is 0 Å². The van der Waals surface area contributed by atoms with E-state index >= 15 is 0 Å². The molecular formula is C16H20N3O5S+. The molecule has 1 aromatic carbocycles. The number of benzene rings is 1. The van der Waals surface area contributed by atoms with Crippen LogP contribution in [-0.2, 0) is 19.1 Å². The number of aryl methyl sites for hydroxylation is 3. The lowest BCUT2D eigenvalue weighted by Gasteiger charge is -2.10. The Morgan fingerprint density at radius 3 is 2.32 bits per heavy atom. The second kappa shape index (κ2) is 7.08. The zero-order valence-electron chi connectivity index (χ0n) is 14.4. The maximum absolute atomic E-state index is 12.5. The summed E-state index contributed by atoms with van der Waals surface area (Å²) in [5.74, 6) is 5.18. The predicted octanol–water partition coefficient (Wildman–Crippen LogP) is 1.13. The number of methoxy groups -OCH3 is 1. The van der Waals surface area contributed by atoms with Crippen LogP contribution in [0.1, 0.15) is 27.0 Å². The van der Waals surface area contributed by atoms with E-state index < -0.39 is 16.1 Å². The number of ether oxygens (including phenoxy) is 1. The Balaban J connectivity index is 2.31. The first-order valence-corrected chi connectivity index (χ1v) is 8.73. The van der Waals surface area contributed by atoms with Crippen molar-refractivity contribution in [1.29, 1.82) is 0 Å². The van der Waals surface area contributed by atoms with Crippen LogP contribution in [0, 0.1) is 20.8 Å². The fraction of sp³-hybridized carbons (Fsp3) is 0.250. The van der Waals surface area contributed by atoms with Gasteiger partial charge in [0.25, 0.3) is 0 Å². The van der Waals surface area contributed by atoms with Crippen molar-refractivity contribution in [3.05, 3.63) is 52.7 Å². The van der Waals surface area contributed by atoms with Crippen LogP contribution in [0.4, 0.5) is 5.82 Å². The third-order valence-electron chi connectivity index (χ3n) is 3.52. The van der Waals surface area contributed by atoms with Crippen molar-refractivity contribution in [1.82, 2.24) is 0 Å². The Labute approximate surface area is 146 Å². The number of esters is 1. The number of nitrogens with zero attached hydrogens (tertiary/aromatic N) is 1. The minimum Gasteiger partial charge on any atom is -0.465 e. The first kappa shape index (κ1) is 18.7. The van der Waals surface area contributed by atoms with Gasteiger partial charge in [0.2, 0.25) is 0 Å². The van der Waals surface area contributed by atoms with E-state index in [4.69, 9.17) is 10.1 Å². The molecule has 0 saturated heterocycles. The third kappa shape index (κ3) is 4.06. The normalized spacial score (nSPS) is 11.2. The molecule has 0 aliphatic carbocycles. The summed E-state index contributed by atoms with van der Waals surface area (Å²) in [7, 11) is -2.85. The average molecular weight is 366 g/mol. The molecule has 0 spiro atoms. The second-order valence-corrected chi connectivity index (χ2v) is 7.05. The molecule has 3 N–H and O–H groups in total. The van der Waals surface area contributed by atoms with E-state index in [2.05, 4.69) is 10.2 Å². The molecule has 0 saturated carbocycles. The summed E-state index contributed by atoms with van der Waals surface area (Å²) >= 11 is 0. The highest BCUT2D eigenvalue weighted by Gasteiger charge is 2.25. The number of rotatable bonds is 5. The van der Waals surface area contributed by atoms with Gasteiger partial charge < -0.3 is 4.74 Å². The molecule has 2 aromatic rings. The molecule has 0 fully saturated rings. The van der Waals surface area contributed by atoms with Gasteiger partial charge in [0.15, 0.2) is 0 Å². The van der Waals surface area contributed by atoms with E-state index in [1.807, 2.05) is 6.92 Å². The molecule has 0 bridgehead atoms. The molecule has 1 heterocycles. The molecule has 0 radical (unpaired) electrons. The first-order chi connectivity index (χ1) is 11.7. The molecule has 0 unspecified atom stereocenters. The van der Waals surface area contributed by atoms with E-state index in [1.165, 1.54) is 25.4 Å². The molecule has 0 amide bonds. The summed E-state index contributed by atoms with van der Waals surface area (Å²) in [5, 5.41) is 0. The van der Waals surface area contributed by atoms with Gasteiger partial charge in [0.05, 0.1) is 12.7 Å². The molecule has 0 aliphatic heterocycles. The number of nitrogen functional groups attached to an aromatic ring is 1. The summed E-state index contributed by atoms with van der Waals surface area (Å²) in [5.41, 5.74) is 4.57. The summed E-state index contributed by atoms with van der Waals surface area (Å²) in [6, 6.07) is 6.25. The number of hydrogen-bond donors (Lipinski definition) is 2. The summed E-state index contributed by atoms with van der Waals surface area (Å²) < 4.78 is 35.7. The Kier molecular flexibility index (Phi) is 5.29. The van der Waals surface area contributed by atoms with E-state index in [1.54, 1.807) is 26.0 Å². The maximum atomic E-state index is 12.5. The number of nitrogens with two attached hydrogens (primary N) is 1. The summed E-state index contributed by atoms with van der Waals surface area (Å²) in [6.45, 7) is 5.26. The van der Waals surface area contributed by atoms with Crippen LogP contribution < -0.4 is 16.0 Å². The first-order valence-electron chi connectivity index (χ1n) is 7.32. The number of anilines is 1. The third-order valence-corrected chi connectivity index (χ3v) is 4.96. The van der Waals surface area contributed by atoms with Crippen molar-refractivity contribution in [3.63, 3.8) is 0 Å². The molecule has 134 valence electrons. The van der Waals surface area contributed by atoms with Gasteiger partial charge >= 0.3 is 21.9 Å². The zero-order valence-corrected chi connectivity index (χ0v) is 15.2. The lowest BCUT2D eigenvalue weighted by atomic mass is 10.1.